The van der Waals surface area contributed by atoms with Gasteiger partial charge in [-0.25, -0.2) is 0 Å². The predicted molar refractivity (Wildman–Crippen MR) is 61.5 cm³/mol. The van der Waals surface area contributed by atoms with Gasteiger partial charge in [-0.3, -0.25) is 4.99 Å². The maximum atomic E-state index is 3.82. The lowest BCUT2D eigenvalue weighted by molar-refractivity contribution is 0.209. The van der Waals surface area contributed by atoms with Gasteiger partial charge in [-0.05, 0) is 46.0 Å². The van der Waals surface area contributed by atoms with Crippen molar-refractivity contribution in [1.29, 1.82) is 0 Å². The number of piperidine rings is 1. The molecule has 1 aliphatic heterocycles. The molecule has 80 valence electrons. The van der Waals surface area contributed by atoms with Crippen LogP contribution in [0.2, 0.25) is 0 Å². The molecule has 1 unspecified atom stereocenters. The first-order chi connectivity index (χ1) is 6.72. The molecule has 0 aromatic heterocycles. The lowest BCUT2D eigenvalue weighted by Gasteiger charge is -2.29. The maximum absolute atomic E-state index is 3.82. The van der Waals surface area contributed by atoms with Gasteiger partial charge in [0.1, 0.15) is 0 Å². The summed E-state index contributed by atoms with van der Waals surface area (Å²) < 4.78 is 0. The highest BCUT2D eigenvalue weighted by molar-refractivity contribution is 5.27. The lowest BCUT2D eigenvalue weighted by Crippen LogP contribution is -2.36. The molecule has 1 fully saturated rings. The fourth-order valence-electron chi connectivity index (χ4n) is 1.86. The largest absolute Gasteiger partial charge is 0.389 e. The maximum Gasteiger partial charge on any atom is 0.0521 e. The highest BCUT2D eigenvalue weighted by Gasteiger charge is 2.15. The number of nitrogens with one attached hydrogen (secondary N) is 1. The van der Waals surface area contributed by atoms with E-state index in [1.54, 1.807) is 0 Å². The second-order valence-electron chi connectivity index (χ2n) is 4.12. The molecule has 1 rings (SSSR count). The van der Waals surface area contributed by atoms with Crippen molar-refractivity contribution in [3.8, 4) is 0 Å². The van der Waals surface area contributed by atoms with Crippen LogP contribution in [0.25, 0.3) is 0 Å². The van der Waals surface area contributed by atoms with Gasteiger partial charge >= 0.3 is 0 Å². The minimum absolute atomic E-state index is 0.780. The van der Waals surface area contributed by atoms with E-state index in [1.165, 1.54) is 25.9 Å². The van der Waals surface area contributed by atoms with Crippen LogP contribution in [0.1, 0.15) is 19.8 Å². The minimum atomic E-state index is 0.780. The Morgan fingerprint density at radius 2 is 2.50 bits per heavy atom. The Morgan fingerprint density at radius 3 is 3.14 bits per heavy atom. The molecule has 0 aromatic carbocycles. The van der Waals surface area contributed by atoms with Crippen LogP contribution in [0.4, 0.5) is 0 Å². The first kappa shape index (κ1) is 11.2. The summed E-state index contributed by atoms with van der Waals surface area (Å²) in [5.41, 5.74) is 0.953. The number of hydrogen-bond acceptors (Lipinski definition) is 3. The van der Waals surface area contributed by atoms with Crippen LogP contribution in [0.15, 0.2) is 16.9 Å². The third kappa shape index (κ3) is 3.92. The summed E-state index contributed by atoms with van der Waals surface area (Å²) in [5, 5.41) is 3.30. The summed E-state index contributed by atoms with van der Waals surface area (Å²) in [5.74, 6) is 0.780. The standard InChI is InChI=1S/C11H21N3/c1-10(12-2)7-13-8-11-5-4-6-14(3)9-11/h7,11,13H,2,4-6,8-9H2,1,3H3/b10-7-. The molecule has 14 heavy (non-hydrogen) atoms. The molecule has 0 spiro atoms. The molecule has 1 atom stereocenters. The smallest absolute Gasteiger partial charge is 0.0521 e. The van der Waals surface area contributed by atoms with Crippen molar-refractivity contribution in [1.82, 2.24) is 10.2 Å². The minimum Gasteiger partial charge on any atom is -0.389 e. The molecular formula is C11H21N3. The molecule has 0 saturated carbocycles. The molecule has 1 N–H and O–H groups in total. The van der Waals surface area contributed by atoms with E-state index < -0.39 is 0 Å². The van der Waals surface area contributed by atoms with Crippen LogP contribution < -0.4 is 5.32 Å². The van der Waals surface area contributed by atoms with E-state index in [0.717, 1.165) is 18.2 Å². The summed E-state index contributed by atoms with van der Waals surface area (Å²) in [4.78, 5) is 6.23. The number of likely N-dealkylation sites (tertiary alicyclic amines) is 1. The molecule has 1 saturated heterocycles. The number of rotatable bonds is 4. The van der Waals surface area contributed by atoms with Crippen molar-refractivity contribution < 1.29 is 0 Å². The molecule has 1 heterocycles. The third-order valence-electron chi connectivity index (χ3n) is 2.69. The van der Waals surface area contributed by atoms with Gasteiger partial charge in [0.25, 0.3) is 0 Å². The highest BCUT2D eigenvalue weighted by Crippen LogP contribution is 2.13. The van der Waals surface area contributed by atoms with Gasteiger partial charge in [0.15, 0.2) is 0 Å². The zero-order valence-electron chi connectivity index (χ0n) is 9.29. The number of allylic oxidation sites excluding steroid dienone is 1. The summed E-state index contributed by atoms with van der Waals surface area (Å²) in [7, 11) is 2.19. The second kappa shape index (κ2) is 5.81. The Kier molecular flexibility index (Phi) is 4.66. The van der Waals surface area contributed by atoms with Crippen molar-refractivity contribution in [2.24, 2.45) is 10.9 Å². The first-order valence-electron chi connectivity index (χ1n) is 5.28. The van der Waals surface area contributed by atoms with Gasteiger partial charge in [0.05, 0.1) is 5.70 Å². The van der Waals surface area contributed by atoms with Crippen LogP contribution in [0.3, 0.4) is 0 Å². The van der Waals surface area contributed by atoms with E-state index in [4.69, 9.17) is 0 Å². The molecule has 0 aliphatic carbocycles. The molecule has 3 heteroatoms. The van der Waals surface area contributed by atoms with E-state index in [-0.39, 0.29) is 0 Å². The van der Waals surface area contributed by atoms with Gasteiger partial charge in [-0.2, -0.15) is 0 Å². The molecule has 0 amide bonds. The van der Waals surface area contributed by atoms with Gasteiger partial charge < -0.3 is 10.2 Å². The van der Waals surface area contributed by atoms with E-state index in [1.807, 2.05) is 13.1 Å². The van der Waals surface area contributed by atoms with E-state index in [0.29, 0.717) is 0 Å². The molecule has 3 nitrogen and oxygen atoms in total. The number of nitrogens with zero attached hydrogens (tertiary/aromatic N) is 2. The Balaban J connectivity index is 2.20. The molecule has 0 bridgehead atoms. The Morgan fingerprint density at radius 1 is 1.71 bits per heavy atom. The van der Waals surface area contributed by atoms with Gasteiger partial charge in [-0.1, -0.05) is 0 Å². The zero-order chi connectivity index (χ0) is 10.4. The van der Waals surface area contributed by atoms with Gasteiger partial charge in [-0.15, -0.1) is 0 Å². The lowest BCUT2D eigenvalue weighted by atomic mass is 9.99. The monoisotopic (exact) mass is 195 g/mol. The topological polar surface area (TPSA) is 27.6 Å². The summed E-state index contributed by atoms with van der Waals surface area (Å²) in [6, 6.07) is 0. The summed E-state index contributed by atoms with van der Waals surface area (Å²) in [6.07, 6.45) is 4.61. The van der Waals surface area contributed by atoms with E-state index in [2.05, 4.69) is 29.0 Å². The fraction of sp³-hybridized carbons (Fsp3) is 0.727. The molecule has 0 aromatic rings. The van der Waals surface area contributed by atoms with Crippen LogP contribution >= 0.6 is 0 Å². The Hall–Kier alpha value is -0.830. The Bertz CT molecular complexity index is 211. The van der Waals surface area contributed by atoms with E-state index in [9.17, 15) is 0 Å². The van der Waals surface area contributed by atoms with Gasteiger partial charge in [0.2, 0.25) is 0 Å². The van der Waals surface area contributed by atoms with Crippen molar-refractivity contribution in [2.75, 3.05) is 26.7 Å². The van der Waals surface area contributed by atoms with Crippen molar-refractivity contribution in [3.05, 3.63) is 11.9 Å². The normalized spacial score (nSPS) is 24.7. The van der Waals surface area contributed by atoms with Crippen molar-refractivity contribution >= 4 is 6.72 Å². The average molecular weight is 195 g/mol. The van der Waals surface area contributed by atoms with Crippen LogP contribution in [0.5, 0.6) is 0 Å². The molecule has 0 radical (unpaired) electrons. The second-order valence-corrected chi connectivity index (χ2v) is 4.12. The predicted octanol–water partition coefficient (Wildman–Crippen LogP) is 1.48. The van der Waals surface area contributed by atoms with E-state index >= 15 is 0 Å². The quantitative estimate of drug-likeness (QED) is 0.688. The molecule has 1 aliphatic rings. The zero-order valence-corrected chi connectivity index (χ0v) is 9.29. The van der Waals surface area contributed by atoms with Crippen molar-refractivity contribution in [2.45, 2.75) is 19.8 Å². The average Bonchev–Trinajstić information content (AvgIpc) is 2.17. The molecular weight excluding hydrogens is 174 g/mol. The highest BCUT2D eigenvalue weighted by atomic mass is 15.1. The van der Waals surface area contributed by atoms with Crippen LogP contribution in [-0.2, 0) is 0 Å². The summed E-state index contributed by atoms with van der Waals surface area (Å²) in [6.45, 7) is 8.94. The van der Waals surface area contributed by atoms with Crippen LogP contribution in [-0.4, -0.2) is 38.3 Å². The SMILES string of the molecule is C=N/C(C)=C\NCC1CCCN(C)C1. The third-order valence-corrected chi connectivity index (χ3v) is 2.69. The number of aliphatic imine (C=N–C) groups is 1. The Labute approximate surface area is 86.9 Å². The fourth-order valence-corrected chi connectivity index (χ4v) is 1.86. The first-order valence-corrected chi connectivity index (χ1v) is 5.28. The summed E-state index contributed by atoms with van der Waals surface area (Å²) >= 11 is 0. The van der Waals surface area contributed by atoms with Gasteiger partial charge in [0, 0.05) is 19.3 Å². The van der Waals surface area contributed by atoms with Crippen LogP contribution in [0, 0.1) is 5.92 Å². The number of hydrogen-bond donors (Lipinski definition) is 1. The van der Waals surface area contributed by atoms with Crippen molar-refractivity contribution in [3.63, 3.8) is 0 Å².